The van der Waals surface area contributed by atoms with Crippen molar-refractivity contribution in [2.24, 2.45) is 0 Å². The number of rotatable bonds is 26. The fourth-order valence-electron chi connectivity index (χ4n) is 5.53. The van der Waals surface area contributed by atoms with Gasteiger partial charge in [0.1, 0.15) is 0 Å². The van der Waals surface area contributed by atoms with Crippen molar-refractivity contribution in [1.82, 2.24) is 25.3 Å². The van der Waals surface area contributed by atoms with Gasteiger partial charge < -0.3 is 35.4 Å². The average Bonchev–Trinajstić information content (AvgIpc) is 2.90. The first kappa shape index (κ1) is 50.1. The first-order chi connectivity index (χ1) is 23.7. The molecule has 0 radical (unpaired) electrons. The summed E-state index contributed by atoms with van der Waals surface area (Å²) in [6, 6.07) is 0. The first-order valence-corrected chi connectivity index (χ1v) is 18.5. The van der Waals surface area contributed by atoms with Gasteiger partial charge in [0, 0.05) is 48.5 Å². The highest BCUT2D eigenvalue weighted by atomic mass is 16.5. The molecule has 15 heteroatoms. The Balaban J connectivity index is 5.75. The second-order valence-corrected chi connectivity index (χ2v) is 18.6. The summed E-state index contributed by atoms with van der Waals surface area (Å²) in [7, 11) is 0. The Labute approximate surface area is 318 Å². The predicted molar refractivity (Wildman–Crippen MR) is 205 cm³/mol. The van der Waals surface area contributed by atoms with Crippen molar-refractivity contribution >= 4 is 29.7 Å². The standard InChI is InChI=1S/C38H73N5O10/c1-33(2,3)52-21-17-35(7,8)39-28(44)23-41(25-30(46)47)19-15-37(11,12)42(26-31(48)49)20-16-38(13,14)43(27-32(50)51)24-29(45)40-36(9,10)18-22-53-34(4,5)6/h15-27H2,1-14H3,(H,39,44)(H,40,45)(H,46,47)(H,48,49)(H,50,51). The molecule has 15 nitrogen and oxygen atoms in total. The van der Waals surface area contributed by atoms with E-state index < -0.39 is 46.6 Å². The second-order valence-electron chi connectivity index (χ2n) is 18.6. The number of hydrogen-bond donors (Lipinski definition) is 5. The zero-order valence-corrected chi connectivity index (χ0v) is 35.2. The van der Waals surface area contributed by atoms with Crippen LogP contribution in [0.5, 0.6) is 0 Å². The third-order valence-corrected chi connectivity index (χ3v) is 8.94. The number of amides is 2. The summed E-state index contributed by atoms with van der Waals surface area (Å²) in [5, 5.41) is 35.1. The predicted octanol–water partition coefficient (Wildman–Crippen LogP) is 3.68. The number of hydrogen-bond acceptors (Lipinski definition) is 10. The van der Waals surface area contributed by atoms with E-state index in [1.165, 1.54) is 4.90 Å². The number of carbonyl (C=O) groups is 5. The van der Waals surface area contributed by atoms with Crippen LogP contribution in [0, 0.1) is 0 Å². The zero-order valence-electron chi connectivity index (χ0n) is 35.2. The Kier molecular flexibility index (Phi) is 19.6. The van der Waals surface area contributed by atoms with E-state index in [1.807, 2.05) is 96.9 Å². The smallest absolute Gasteiger partial charge is 0.317 e. The maximum atomic E-state index is 13.2. The number of nitrogens with zero attached hydrogens (tertiary/aromatic N) is 3. The highest BCUT2D eigenvalue weighted by Gasteiger charge is 2.35. The van der Waals surface area contributed by atoms with Gasteiger partial charge in [-0.1, -0.05) is 0 Å². The maximum Gasteiger partial charge on any atom is 0.317 e. The topological polar surface area (TPSA) is 198 Å². The van der Waals surface area contributed by atoms with Crippen LogP contribution < -0.4 is 10.6 Å². The number of nitrogens with one attached hydrogen (secondary N) is 2. The molecule has 0 unspecified atom stereocenters. The van der Waals surface area contributed by atoms with Crippen LogP contribution in [-0.4, -0.2) is 152 Å². The molecule has 0 fully saturated rings. The van der Waals surface area contributed by atoms with E-state index in [0.29, 0.717) is 38.9 Å². The minimum absolute atomic E-state index is 0.162. The molecule has 0 saturated heterocycles. The Morgan fingerprint density at radius 2 is 0.830 bits per heavy atom. The first-order valence-electron chi connectivity index (χ1n) is 18.5. The van der Waals surface area contributed by atoms with Crippen molar-refractivity contribution in [3.63, 3.8) is 0 Å². The lowest BCUT2D eigenvalue weighted by molar-refractivity contribution is -0.141. The Morgan fingerprint density at radius 1 is 0.472 bits per heavy atom. The number of aliphatic carboxylic acids is 3. The van der Waals surface area contributed by atoms with Gasteiger partial charge >= 0.3 is 17.9 Å². The van der Waals surface area contributed by atoms with Crippen LogP contribution in [0.4, 0.5) is 0 Å². The van der Waals surface area contributed by atoms with Crippen LogP contribution >= 0.6 is 0 Å². The molecule has 2 amide bonds. The molecular weight excluding hydrogens is 686 g/mol. The molecule has 0 aliphatic rings. The van der Waals surface area contributed by atoms with Gasteiger partial charge in [0.2, 0.25) is 11.8 Å². The molecule has 53 heavy (non-hydrogen) atoms. The monoisotopic (exact) mass is 760 g/mol. The van der Waals surface area contributed by atoms with Crippen molar-refractivity contribution in [1.29, 1.82) is 0 Å². The number of carbonyl (C=O) groups excluding carboxylic acids is 2. The molecule has 0 aliphatic heterocycles. The lowest BCUT2D eigenvalue weighted by atomic mass is 9.93. The fourth-order valence-corrected chi connectivity index (χ4v) is 5.53. The van der Waals surface area contributed by atoms with Crippen LogP contribution in [0.3, 0.4) is 0 Å². The lowest BCUT2D eigenvalue weighted by Gasteiger charge is -2.43. The van der Waals surface area contributed by atoms with Crippen molar-refractivity contribution in [3.05, 3.63) is 0 Å². The van der Waals surface area contributed by atoms with Crippen LogP contribution in [0.25, 0.3) is 0 Å². The summed E-state index contributed by atoms with van der Waals surface area (Å²) >= 11 is 0. The van der Waals surface area contributed by atoms with E-state index in [4.69, 9.17) is 9.47 Å². The highest BCUT2D eigenvalue weighted by molar-refractivity contribution is 5.80. The number of carboxylic acid groups (broad SMARTS) is 3. The van der Waals surface area contributed by atoms with Crippen molar-refractivity contribution in [2.75, 3.05) is 59.0 Å². The van der Waals surface area contributed by atoms with Crippen LogP contribution in [-0.2, 0) is 33.4 Å². The summed E-state index contributed by atoms with van der Waals surface area (Å²) in [6.07, 6.45) is 1.76. The van der Waals surface area contributed by atoms with Gasteiger partial charge in [0.25, 0.3) is 0 Å². The lowest BCUT2D eigenvalue weighted by Crippen LogP contribution is -2.56. The van der Waals surface area contributed by atoms with Gasteiger partial charge in [-0.2, -0.15) is 0 Å². The van der Waals surface area contributed by atoms with Crippen molar-refractivity contribution in [2.45, 2.75) is 156 Å². The van der Waals surface area contributed by atoms with Gasteiger partial charge in [-0.15, -0.1) is 0 Å². The van der Waals surface area contributed by atoms with Crippen LogP contribution in [0.1, 0.15) is 123 Å². The van der Waals surface area contributed by atoms with Gasteiger partial charge in [0.05, 0.1) is 43.9 Å². The zero-order chi connectivity index (χ0) is 41.6. The Bertz CT molecular complexity index is 1200. The molecular formula is C38H73N5O10. The van der Waals surface area contributed by atoms with E-state index >= 15 is 0 Å². The molecule has 310 valence electrons. The highest BCUT2D eigenvalue weighted by Crippen LogP contribution is 2.25. The summed E-state index contributed by atoms with van der Waals surface area (Å²) in [4.78, 5) is 66.8. The summed E-state index contributed by atoms with van der Waals surface area (Å²) in [5.74, 6) is -3.93. The molecule has 0 aromatic carbocycles. The molecule has 0 heterocycles. The van der Waals surface area contributed by atoms with E-state index in [-0.39, 0.29) is 62.3 Å². The molecule has 0 saturated carbocycles. The molecule has 0 spiro atoms. The molecule has 0 aromatic rings. The van der Waals surface area contributed by atoms with Gasteiger partial charge in [-0.05, 0) is 123 Å². The minimum atomic E-state index is -1.10. The fraction of sp³-hybridized carbons (Fsp3) is 0.868. The minimum Gasteiger partial charge on any atom is -0.480 e. The number of ether oxygens (including phenoxy) is 2. The summed E-state index contributed by atoms with van der Waals surface area (Å²) in [5.41, 5.74) is -3.42. The summed E-state index contributed by atoms with van der Waals surface area (Å²) in [6.45, 7) is 26.4. The van der Waals surface area contributed by atoms with Crippen LogP contribution in [0.2, 0.25) is 0 Å². The number of carboxylic acids is 3. The maximum absolute atomic E-state index is 13.2. The van der Waals surface area contributed by atoms with Gasteiger partial charge in [0.15, 0.2) is 0 Å². The van der Waals surface area contributed by atoms with E-state index in [0.717, 1.165) is 0 Å². The molecule has 0 aromatic heterocycles. The normalized spacial score (nSPS) is 13.5. The molecule has 0 rings (SSSR count). The van der Waals surface area contributed by atoms with Crippen molar-refractivity contribution < 1.29 is 48.8 Å². The Hall–Kier alpha value is -2.85. The average molecular weight is 760 g/mol. The second kappa shape index (κ2) is 20.7. The SMILES string of the molecule is CC(C)(CCOC(C)(C)C)NC(=O)CN(CCC(C)(C)N(CCC(C)(C)N(CC(=O)O)CC(=O)NC(C)(C)CCOC(C)(C)C)CC(=O)O)CC(=O)O. The quantitative estimate of drug-likeness (QED) is 0.0857. The van der Waals surface area contributed by atoms with Gasteiger partial charge in [-0.25, -0.2) is 0 Å². The van der Waals surface area contributed by atoms with Crippen LogP contribution in [0.15, 0.2) is 0 Å². The third-order valence-electron chi connectivity index (χ3n) is 8.94. The molecule has 0 bridgehead atoms. The van der Waals surface area contributed by atoms with Gasteiger partial charge in [-0.3, -0.25) is 38.7 Å². The van der Waals surface area contributed by atoms with Crippen molar-refractivity contribution in [3.8, 4) is 0 Å². The molecule has 5 N–H and O–H groups in total. The van der Waals surface area contributed by atoms with E-state index in [2.05, 4.69) is 10.6 Å². The molecule has 0 aliphatic carbocycles. The third kappa shape index (κ3) is 24.2. The van der Waals surface area contributed by atoms with E-state index in [9.17, 15) is 39.3 Å². The summed E-state index contributed by atoms with van der Waals surface area (Å²) < 4.78 is 11.6. The Morgan fingerprint density at radius 3 is 1.23 bits per heavy atom. The largest absolute Gasteiger partial charge is 0.480 e. The van der Waals surface area contributed by atoms with E-state index in [1.54, 1.807) is 9.80 Å². The molecule has 0 atom stereocenters.